The fourth-order valence-electron chi connectivity index (χ4n) is 1.91. The molecule has 1 amide bonds. The van der Waals surface area contributed by atoms with Crippen molar-refractivity contribution in [1.29, 1.82) is 0 Å². The van der Waals surface area contributed by atoms with Gasteiger partial charge in [0.05, 0.1) is 0 Å². The summed E-state index contributed by atoms with van der Waals surface area (Å²) >= 11 is 0. The molecule has 5 nitrogen and oxygen atoms in total. The number of hydrogen-bond donors (Lipinski definition) is 3. The SMILES string of the molecule is NN(CCc1ccccc1)C(=O)C=Cc1ccc(O)c(O)c1. The molecular weight excluding hydrogens is 280 g/mol. The minimum atomic E-state index is -0.330. The molecule has 0 bridgehead atoms. The smallest absolute Gasteiger partial charge is 0.260 e. The standard InChI is InChI=1S/C17H18N2O3/c18-19(11-10-13-4-2-1-3-5-13)17(22)9-7-14-6-8-15(20)16(21)12-14/h1-9,12,20-21H,10-11,18H2. The predicted octanol–water partition coefficient (Wildman–Crippen LogP) is 2.06. The van der Waals surface area contributed by atoms with Gasteiger partial charge in [-0.15, -0.1) is 0 Å². The molecule has 4 N–H and O–H groups in total. The molecule has 22 heavy (non-hydrogen) atoms. The first kappa shape index (κ1) is 15.6. The van der Waals surface area contributed by atoms with Crippen molar-refractivity contribution in [3.05, 3.63) is 65.7 Å². The van der Waals surface area contributed by atoms with Crippen LogP contribution in [0.4, 0.5) is 0 Å². The lowest BCUT2D eigenvalue weighted by atomic mass is 10.1. The quantitative estimate of drug-likeness (QED) is 0.259. The van der Waals surface area contributed by atoms with Crippen LogP contribution in [0.3, 0.4) is 0 Å². The summed E-state index contributed by atoms with van der Waals surface area (Å²) in [6.07, 6.45) is 3.54. The molecule has 0 atom stereocenters. The zero-order valence-corrected chi connectivity index (χ0v) is 12.0. The van der Waals surface area contributed by atoms with Crippen LogP contribution in [-0.2, 0) is 11.2 Å². The van der Waals surface area contributed by atoms with Crippen molar-refractivity contribution < 1.29 is 15.0 Å². The maximum Gasteiger partial charge on any atom is 0.260 e. The van der Waals surface area contributed by atoms with Crippen LogP contribution in [0, 0.1) is 0 Å². The van der Waals surface area contributed by atoms with E-state index >= 15 is 0 Å². The predicted molar refractivity (Wildman–Crippen MR) is 84.9 cm³/mol. The van der Waals surface area contributed by atoms with Crippen LogP contribution in [0.15, 0.2) is 54.6 Å². The van der Waals surface area contributed by atoms with E-state index in [2.05, 4.69) is 0 Å². The molecule has 5 heteroatoms. The van der Waals surface area contributed by atoms with E-state index in [9.17, 15) is 15.0 Å². The highest BCUT2D eigenvalue weighted by atomic mass is 16.3. The van der Waals surface area contributed by atoms with Gasteiger partial charge in [0.15, 0.2) is 11.5 Å². The average Bonchev–Trinajstić information content (AvgIpc) is 2.54. The maximum atomic E-state index is 11.9. The molecule has 0 saturated heterocycles. The van der Waals surface area contributed by atoms with Crippen LogP contribution in [0.1, 0.15) is 11.1 Å². The van der Waals surface area contributed by atoms with E-state index in [0.717, 1.165) is 10.6 Å². The van der Waals surface area contributed by atoms with Gasteiger partial charge in [-0.3, -0.25) is 9.80 Å². The Morgan fingerprint density at radius 1 is 1.09 bits per heavy atom. The highest BCUT2D eigenvalue weighted by molar-refractivity contribution is 5.91. The third-order valence-electron chi connectivity index (χ3n) is 3.19. The molecule has 0 aliphatic heterocycles. The summed E-state index contributed by atoms with van der Waals surface area (Å²) in [5.74, 6) is 4.96. The Kier molecular flexibility index (Phi) is 5.16. The van der Waals surface area contributed by atoms with Gasteiger partial charge in [-0.05, 0) is 35.8 Å². The van der Waals surface area contributed by atoms with Crippen LogP contribution < -0.4 is 5.84 Å². The van der Waals surface area contributed by atoms with Crippen LogP contribution in [0.5, 0.6) is 11.5 Å². The van der Waals surface area contributed by atoms with E-state index in [0.29, 0.717) is 18.5 Å². The van der Waals surface area contributed by atoms with Crippen molar-refractivity contribution in [2.24, 2.45) is 5.84 Å². The molecule has 2 rings (SSSR count). The summed E-state index contributed by atoms with van der Waals surface area (Å²) in [4.78, 5) is 11.9. The molecule has 114 valence electrons. The summed E-state index contributed by atoms with van der Waals surface area (Å²) in [6.45, 7) is 0.411. The third kappa shape index (κ3) is 4.36. The van der Waals surface area contributed by atoms with Crippen molar-refractivity contribution in [1.82, 2.24) is 5.01 Å². The van der Waals surface area contributed by atoms with Gasteiger partial charge < -0.3 is 10.2 Å². The minimum Gasteiger partial charge on any atom is -0.504 e. The lowest BCUT2D eigenvalue weighted by Crippen LogP contribution is -2.37. The zero-order chi connectivity index (χ0) is 15.9. The first-order valence-corrected chi connectivity index (χ1v) is 6.86. The van der Waals surface area contributed by atoms with Gasteiger partial charge in [0.1, 0.15) is 0 Å². The number of phenols is 2. The number of carbonyl (C=O) groups is 1. The number of benzene rings is 2. The van der Waals surface area contributed by atoms with Crippen molar-refractivity contribution in [3.8, 4) is 11.5 Å². The Morgan fingerprint density at radius 3 is 2.50 bits per heavy atom. The van der Waals surface area contributed by atoms with E-state index in [4.69, 9.17) is 5.84 Å². The Balaban J connectivity index is 1.90. The Hall–Kier alpha value is -2.79. The molecule has 2 aromatic rings. The van der Waals surface area contributed by atoms with Gasteiger partial charge in [-0.25, -0.2) is 5.84 Å². The van der Waals surface area contributed by atoms with Crippen LogP contribution in [-0.4, -0.2) is 27.7 Å². The lowest BCUT2D eigenvalue weighted by Gasteiger charge is -2.14. The number of amides is 1. The summed E-state index contributed by atoms with van der Waals surface area (Å²) in [7, 11) is 0. The number of nitrogens with two attached hydrogens (primary N) is 1. The Bertz CT molecular complexity index is 669. The summed E-state index contributed by atoms with van der Waals surface area (Å²) in [5.41, 5.74) is 1.71. The fourth-order valence-corrected chi connectivity index (χ4v) is 1.91. The second-order valence-corrected chi connectivity index (χ2v) is 4.85. The molecule has 0 saturated carbocycles. The maximum absolute atomic E-state index is 11.9. The molecule has 0 aromatic heterocycles. The van der Waals surface area contributed by atoms with E-state index in [-0.39, 0.29) is 17.4 Å². The number of rotatable bonds is 5. The third-order valence-corrected chi connectivity index (χ3v) is 3.19. The summed E-state index contributed by atoms with van der Waals surface area (Å²) in [5, 5.41) is 19.7. The molecular formula is C17H18N2O3. The highest BCUT2D eigenvalue weighted by Crippen LogP contribution is 2.25. The lowest BCUT2D eigenvalue weighted by molar-refractivity contribution is -0.126. The fraction of sp³-hybridized carbons (Fsp3) is 0.118. The van der Waals surface area contributed by atoms with E-state index in [1.807, 2.05) is 30.3 Å². The van der Waals surface area contributed by atoms with Gasteiger partial charge in [0, 0.05) is 12.6 Å². The first-order chi connectivity index (χ1) is 10.6. The summed E-state index contributed by atoms with van der Waals surface area (Å²) < 4.78 is 0. The molecule has 2 aromatic carbocycles. The Morgan fingerprint density at radius 2 is 1.82 bits per heavy atom. The van der Waals surface area contributed by atoms with E-state index < -0.39 is 0 Å². The molecule has 0 spiro atoms. The van der Waals surface area contributed by atoms with Crippen LogP contribution in [0.25, 0.3) is 6.08 Å². The second-order valence-electron chi connectivity index (χ2n) is 4.85. The van der Waals surface area contributed by atoms with E-state index in [1.165, 1.54) is 24.3 Å². The van der Waals surface area contributed by atoms with Gasteiger partial charge in [-0.1, -0.05) is 36.4 Å². The number of aromatic hydroxyl groups is 2. The van der Waals surface area contributed by atoms with Crippen LogP contribution in [0.2, 0.25) is 0 Å². The molecule has 0 unspecified atom stereocenters. The van der Waals surface area contributed by atoms with Gasteiger partial charge in [0.25, 0.3) is 5.91 Å². The molecule has 0 radical (unpaired) electrons. The number of hydrazine groups is 1. The van der Waals surface area contributed by atoms with E-state index in [1.54, 1.807) is 6.07 Å². The minimum absolute atomic E-state index is 0.202. The number of phenolic OH excluding ortho intramolecular Hbond substituents is 2. The van der Waals surface area contributed by atoms with Gasteiger partial charge >= 0.3 is 0 Å². The molecule has 0 aliphatic carbocycles. The summed E-state index contributed by atoms with van der Waals surface area (Å²) in [6, 6.07) is 14.1. The Labute approximate surface area is 128 Å². The van der Waals surface area contributed by atoms with Crippen LogP contribution >= 0.6 is 0 Å². The number of nitrogens with zero attached hydrogens (tertiary/aromatic N) is 1. The zero-order valence-electron chi connectivity index (χ0n) is 12.0. The number of hydrogen-bond acceptors (Lipinski definition) is 4. The topological polar surface area (TPSA) is 86.8 Å². The monoisotopic (exact) mass is 298 g/mol. The molecule has 0 fully saturated rings. The second kappa shape index (κ2) is 7.28. The van der Waals surface area contributed by atoms with Crippen molar-refractivity contribution in [3.63, 3.8) is 0 Å². The molecule has 0 aliphatic rings. The van der Waals surface area contributed by atoms with Crippen molar-refractivity contribution in [2.75, 3.05) is 6.54 Å². The largest absolute Gasteiger partial charge is 0.504 e. The van der Waals surface area contributed by atoms with Gasteiger partial charge in [-0.2, -0.15) is 0 Å². The molecule has 0 heterocycles. The normalized spacial score (nSPS) is 10.8. The van der Waals surface area contributed by atoms with Crippen molar-refractivity contribution in [2.45, 2.75) is 6.42 Å². The highest BCUT2D eigenvalue weighted by Gasteiger charge is 2.06. The average molecular weight is 298 g/mol. The van der Waals surface area contributed by atoms with Gasteiger partial charge in [0.2, 0.25) is 0 Å². The van der Waals surface area contributed by atoms with Crippen molar-refractivity contribution >= 4 is 12.0 Å². The number of carbonyl (C=O) groups excluding carboxylic acids is 1. The first-order valence-electron chi connectivity index (χ1n) is 6.86.